The molecule has 0 radical (unpaired) electrons. The first-order valence-electron chi connectivity index (χ1n) is 9.52. The van der Waals surface area contributed by atoms with Crippen molar-refractivity contribution in [2.75, 3.05) is 11.1 Å². The number of hydrogen-bond donors (Lipinski definition) is 1. The number of rotatable bonds is 7. The fourth-order valence-electron chi connectivity index (χ4n) is 2.75. The number of anilines is 1. The van der Waals surface area contributed by atoms with Crippen molar-refractivity contribution in [3.63, 3.8) is 0 Å². The van der Waals surface area contributed by atoms with E-state index in [1.165, 1.54) is 23.9 Å². The van der Waals surface area contributed by atoms with E-state index in [1.807, 2.05) is 41.1 Å². The third kappa shape index (κ3) is 5.70. The Balaban J connectivity index is 1.70. The van der Waals surface area contributed by atoms with E-state index in [0.717, 1.165) is 16.2 Å². The third-order valence-electron chi connectivity index (χ3n) is 4.41. The van der Waals surface area contributed by atoms with Crippen LogP contribution in [0.4, 0.5) is 11.5 Å². The second kappa shape index (κ2) is 9.13. The number of aromatic nitrogens is 2. The maximum atomic E-state index is 12.5. The van der Waals surface area contributed by atoms with E-state index in [9.17, 15) is 14.9 Å². The number of nitro benzene ring substituents is 1. The summed E-state index contributed by atoms with van der Waals surface area (Å²) < 4.78 is 1.81. The predicted octanol–water partition coefficient (Wildman–Crippen LogP) is 4.87. The highest BCUT2D eigenvalue weighted by atomic mass is 32.2. The van der Waals surface area contributed by atoms with E-state index in [0.29, 0.717) is 12.4 Å². The lowest BCUT2D eigenvalue weighted by atomic mass is 9.92. The van der Waals surface area contributed by atoms with Crippen LogP contribution in [0.1, 0.15) is 32.0 Å². The van der Waals surface area contributed by atoms with Gasteiger partial charge in [-0.2, -0.15) is 5.10 Å². The van der Waals surface area contributed by atoms with Crippen LogP contribution in [0.2, 0.25) is 0 Å². The lowest BCUT2D eigenvalue weighted by molar-refractivity contribution is -0.384. The zero-order chi connectivity index (χ0) is 21.7. The predicted molar refractivity (Wildman–Crippen MR) is 119 cm³/mol. The van der Waals surface area contributed by atoms with Crippen molar-refractivity contribution in [2.45, 2.75) is 37.6 Å². The second-order valence-electron chi connectivity index (χ2n) is 7.90. The first-order valence-corrected chi connectivity index (χ1v) is 10.5. The smallest absolute Gasteiger partial charge is 0.269 e. The van der Waals surface area contributed by atoms with Crippen LogP contribution in [0.5, 0.6) is 0 Å². The summed E-state index contributed by atoms with van der Waals surface area (Å²) in [5, 5.41) is 18.4. The Bertz CT molecular complexity index is 1020. The van der Waals surface area contributed by atoms with Crippen LogP contribution < -0.4 is 5.32 Å². The molecule has 30 heavy (non-hydrogen) atoms. The Hall–Kier alpha value is -3.13. The Morgan fingerprint density at radius 1 is 1.13 bits per heavy atom. The van der Waals surface area contributed by atoms with Gasteiger partial charge in [0.15, 0.2) is 0 Å². The fraction of sp³-hybridized carbons (Fsp3) is 0.273. The standard InChI is InChI=1S/C22H24N4O3S/c1-22(2,3)19-13-20(25(24-19)14-16-7-5-4-6-8-16)23-21(27)15-30-18-11-9-17(10-12-18)26(28)29/h4-13H,14-15H2,1-3H3,(H,23,27). The quantitative estimate of drug-likeness (QED) is 0.332. The highest BCUT2D eigenvalue weighted by Crippen LogP contribution is 2.26. The Morgan fingerprint density at radius 3 is 2.40 bits per heavy atom. The van der Waals surface area contributed by atoms with Crippen LogP contribution in [0.15, 0.2) is 65.6 Å². The van der Waals surface area contributed by atoms with E-state index in [4.69, 9.17) is 5.10 Å². The number of nitrogens with zero attached hydrogens (tertiary/aromatic N) is 3. The molecule has 0 aliphatic heterocycles. The molecule has 0 bridgehead atoms. The van der Waals surface area contributed by atoms with E-state index in [-0.39, 0.29) is 22.8 Å². The summed E-state index contributed by atoms with van der Waals surface area (Å²) in [6.07, 6.45) is 0. The molecule has 0 atom stereocenters. The Labute approximate surface area is 179 Å². The Kier molecular flexibility index (Phi) is 6.56. The van der Waals surface area contributed by atoms with Gasteiger partial charge in [0.05, 0.1) is 22.9 Å². The Morgan fingerprint density at radius 2 is 1.80 bits per heavy atom. The fourth-order valence-corrected chi connectivity index (χ4v) is 3.45. The van der Waals surface area contributed by atoms with Crippen molar-refractivity contribution in [3.8, 4) is 0 Å². The van der Waals surface area contributed by atoms with Crippen molar-refractivity contribution in [1.29, 1.82) is 0 Å². The first-order chi connectivity index (χ1) is 14.2. The molecular formula is C22H24N4O3S. The highest BCUT2D eigenvalue weighted by Gasteiger charge is 2.21. The van der Waals surface area contributed by atoms with Crippen LogP contribution in [-0.4, -0.2) is 26.4 Å². The average molecular weight is 425 g/mol. The van der Waals surface area contributed by atoms with Gasteiger partial charge in [-0.1, -0.05) is 51.1 Å². The van der Waals surface area contributed by atoms with Gasteiger partial charge in [0.1, 0.15) is 5.82 Å². The van der Waals surface area contributed by atoms with Crippen molar-refractivity contribution in [3.05, 3.63) is 82.0 Å². The van der Waals surface area contributed by atoms with Crippen molar-refractivity contribution < 1.29 is 9.72 Å². The van der Waals surface area contributed by atoms with Gasteiger partial charge in [0.2, 0.25) is 5.91 Å². The minimum absolute atomic E-state index is 0.0309. The topological polar surface area (TPSA) is 90.1 Å². The van der Waals surface area contributed by atoms with Gasteiger partial charge in [-0.3, -0.25) is 14.9 Å². The molecule has 0 aliphatic rings. The molecule has 2 aromatic carbocycles. The number of carbonyl (C=O) groups is 1. The monoisotopic (exact) mass is 424 g/mol. The van der Waals surface area contributed by atoms with Crippen LogP contribution >= 0.6 is 11.8 Å². The van der Waals surface area contributed by atoms with Crippen LogP contribution in [0.3, 0.4) is 0 Å². The van der Waals surface area contributed by atoms with Gasteiger partial charge in [0.25, 0.3) is 5.69 Å². The van der Waals surface area contributed by atoms with Crippen LogP contribution in [-0.2, 0) is 16.8 Å². The largest absolute Gasteiger partial charge is 0.310 e. The number of nitro groups is 1. The van der Waals surface area contributed by atoms with Gasteiger partial charge < -0.3 is 5.32 Å². The first kappa shape index (κ1) is 21.6. The van der Waals surface area contributed by atoms with E-state index in [2.05, 4.69) is 26.1 Å². The van der Waals surface area contributed by atoms with Crippen molar-refractivity contribution in [1.82, 2.24) is 9.78 Å². The third-order valence-corrected chi connectivity index (χ3v) is 5.42. The number of thioether (sulfide) groups is 1. The second-order valence-corrected chi connectivity index (χ2v) is 8.94. The molecule has 0 spiro atoms. The molecule has 8 heteroatoms. The maximum absolute atomic E-state index is 12.5. The van der Waals surface area contributed by atoms with Gasteiger partial charge in [-0.05, 0) is 17.7 Å². The molecule has 0 aliphatic carbocycles. The van der Waals surface area contributed by atoms with Gasteiger partial charge >= 0.3 is 0 Å². The molecule has 156 valence electrons. The molecular weight excluding hydrogens is 400 g/mol. The van der Waals surface area contributed by atoms with Gasteiger partial charge in [-0.25, -0.2) is 4.68 Å². The molecule has 0 unspecified atom stereocenters. The average Bonchev–Trinajstić information content (AvgIpc) is 3.10. The molecule has 1 aromatic heterocycles. The molecule has 7 nitrogen and oxygen atoms in total. The van der Waals surface area contributed by atoms with Gasteiger partial charge in [0, 0.05) is 28.5 Å². The summed E-state index contributed by atoms with van der Waals surface area (Å²) in [6.45, 7) is 6.80. The molecule has 3 aromatic rings. The molecule has 0 saturated carbocycles. The zero-order valence-electron chi connectivity index (χ0n) is 17.2. The summed E-state index contributed by atoms with van der Waals surface area (Å²) in [4.78, 5) is 23.6. The van der Waals surface area contributed by atoms with E-state index < -0.39 is 4.92 Å². The van der Waals surface area contributed by atoms with Crippen molar-refractivity contribution >= 4 is 29.2 Å². The number of amides is 1. The summed E-state index contributed by atoms with van der Waals surface area (Å²) in [6, 6.07) is 18.0. The molecule has 1 heterocycles. The summed E-state index contributed by atoms with van der Waals surface area (Å²) in [5.74, 6) is 0.685. The van der Waals surface area contributed by atoms with Crippen molar-refractivity contribution in [2.24, 2.45) is 0 Å². The number of nitrogens with one attached hydrogen (secondary N) is 1. The van der Waals surface area contributed by atoms with Crippen LogP contribution in [0, 0.1) is 10.1 Å². The lowest BCUT2D eigenvalue weighted by Crippen LogP contribution is -2.18. The number of carbonyl (C=O) groups excluding carboxylic acids is 1. The maximum Gasteiger partial charge on any atom is 0.269 e. The highest BCUT2D eigenvalue weighted by molar-refractivity contribution is 8.00. The summed E-state index contributed by atoms with van der Waals surface area (Å²) in [7, 11) is 0. The normalized spacial score (nSPS) is 11.3. The lowest BCUT2D eigenvalue weighted by Gasteiger charge is -2.14. The molecule has 1 N–H and O–H groups in total. The van der Waals surface area contributed by atoms with E-state index in [1.54, 1.807) is 12.1 Å². The van der Waals surface area contributed by atoms with Crippen LogP contribution in [0.25, 0.3) is 0 Å². The number of hydrogen-bond acceptors (Lipinski definition) is 5. The SMILES string of the molecule is CC(C)(C)c1cc(NC(=O)CSc2ccc([N+](=O)[O-])cc2)n(Cc2ccccc2)n1. The minimum Gasteiger partial charge on any atom is -0.310 e. The number of benzene rings is 2. The molecule has 3 rings (SSSR count). The minimum atomic E-state index is -0.443. The van der Waals surface area contributed by atoms with E-state index >= 15 is 0 Å². The number of non-ortho nitro benzene ring substituents is 1. The summed E-state index contributed by atoms with van der Waals surface area (Å²) in [5.41, 5.74) is 1.88. The molecule has 0 saturated heterocycles. The summed E-state index contributed by atoms with van der Waals surface area (Å²) >= 11 is 1.33. The van der Waals surface area contributed by atoms with Gasteiger partial charge in [-0.15, -0.1) is 11.8 Å². The molecule has 1 amide bonds. The zero-order valence-corrected chi connectivity index (χ0v) is 18.0. The molecule has 0 fully saturated rings.